The van der Waals surface area contributed by atoms with E-state index in [4.69, 9.17) is 4.74 Å². The number of carbonyl (C=O) groups is 3. The van der Waals surface area contributed by atoms with Crippen LogP contribution in [0.25, 0.3) is 0 Å². The Kier molecular flexibility index (Phi) is 9.96. The molecule has 10 heteroatoms. The molecule has 3 aliphatic heterocycles. The molecule has 4 atom stereocenters. The summed E-state index contributed by atoms with van der Waals surface area (Å²) in [6.45, 7) is 3.90. The fourth-order valence-electron chi connectivity index (χ4n) is 7.08. The molecule has 252 valence electrons. The molecule has 6 rings (SSSR count). The maximum Gasteiger partial charge on any atom is 0.264 e. The highest BCUT2D eigenvalue weighted by Gasteiger charge is 2.52. The van der Waals surface area contributed by atoms with E-state index in [0.29, 0.717) is 42.2 Å². The Hall–Kier alpha value is -4.51. The summed E-state index contributed by atoms with van der Waals surface area (Å²) in [6.07, 6.45) is 5.92. The van der Waals surface area contributed by atoms with Crippen LogP contribution in [0, 0.1) is 11.8 Å². The summed E-state index contributed by atoms with van der Waals surface area (Å²) in [7, 11) is 1.54. The molecule has 3 aromatic rings. The van der Waals surface area contributed by atoms with Crippen LogP contribution in [-0.2, 0) is 39.5 Å². The Bertz CT molecular complexity index is 1680. The van der Waals surface area contributed by atoms with Gasteiger partial charge in [-0.1, -0.05) is 55.5 Å². The summed E-state index contributed by atoms with van der Waals surface area (Å²) in [6, 6.07) is 20.3. The molecular weight excluding hydrogens is 608 g/mol. The lowest BCUT2D eigenvalue weighted by atomic mass is 9.82. The number of piperidine rings is 1. The molecule has 1 saturated heterocycles. The molecule has 10 nitrogen and oxygen atoms in total. The van der Waals surface area contributed by atoms with Crippen molar-refractivity contribution in [2.24, 2.45) is 11.8 Å². The minimum atomic E-state index is -1.89. The number of nitrogens with zero attached hydrogens (tertiary/aromatic N) is 2. The van der Waals surface area contributed by atoms with Crippen LogP contribution >= 0.6 is 0 Å². The van der Waals surface area contributed by atoms with E-state index in [1.165, 1.54) is 7.11 Å². The predicted molar refractivity (Wildman–Crippen MR) is 183 cm³/mol. The van der Waals surface area contributed by atoms with E-state index in [2.05, 4.69) is 10.6 Å². The number of benzene rings is 3. The number of nitrogens with one attached hydrogen (secondary N) is 2. The van der Waals surface area contributed by atoms with Crippen LogP contribution < -0.4 is 20.3 Å². The lowest BCUT2D eigenvalue weighted by Crippen LogP contribution is -2.46. The lowest BCUT2D eigenvalue weighted by molar-refractivity contribution is -0.139. The maximum absolute atomic E-state index is 14.1. The van der Waals surface area contributed by atoms with Crippen LogP contribution in [-0.4, -0.2) is 65.7 Å². The molecule has 3 heterocycles. The van der Waals surface area contributed by atoms with Crippen LogP contribution in [0.1, 0.15) is 48.4 Å². The molecule has 3 amide bonds. The second-order valence-electron chi connectivity index (χ2n) is 13.0. The molecule has 0 aliphatic carbocycles. The Morgan fingerprint density at radius 3 is 2.60 bits per heavy atom. The van der Waals surface area contributed by atoms with Crippen molar-refractivity contribution in [1.82, 2.24) is 10.2 Å². The molecule has 48 heavy (non-hydrogen) atoms. The minimum Gasteiger partial charge on any atom is -0.497 e. The maximum atomic E-state index is 14.1. The molecule has 3 aliphatic rings. The summed E-state index contributed by atoms with van der Waals surface area (Å²) in [5, 5.41) is 28.4. The SMILES string of the molecule is COc1ccc2c(c1)[C@@](O)([C@H](C)/C=C/CC(=O)N1Cc3ccccc3C[C@H]1CO)C(=O)N2Cc1ccc(NC(=O)C2CCCNC2)cc1. The van der Waals surface area contributed by atoms with E-state index in [1.54, 1.807) is 47.1 Å². The number of fused-ring (bicyclic) bond motifs is 2. The first-order chi connectivity index (χ1) is 23.2. The molecule has 4 N–H and O–H groups in total. The van der Waals surface area contributed by atoms with Crippen LogP contribution in [0.5, 0.6) is 5.75 Å². The fraction of sp³-hybridized carbons (Fsp3) is 0.395. The quantitative estimate of drug-likeness (QED) is 0.245. The summed E-state index contributed by atoms with van der Waals surface area (Å²) >= 11 is 0. The molecular formula is C38H44N4O6. The minimum absolute atomic E-state index is 0.00386. The number of hydrogen-bond acceptors (Lipinski definition) is 7. The lowest BCUT2D eigenvalue weighted by Gasteiger charge is -2.36. The van der Waals surface area contributed by atoms with E-state index in [0.717, 1.165) is 36.1 Å². The summed E-state index contributed by atoms with van der Waals surface area (Å²) < 4.78 is 5.45. The number of carbonyl (C=O) groups excluding carboxylic acids is 3. The second kappa shape index (κ2) is 14.3. The smallest absolute Gasteiger partial charge is 0.264 e. The van der Waals surface area contributed by atoms with Gasteiger partial charge in [-0.25, -0.2) is 0 Å². The van der Waals surface area contributed by atoms with Gasteiger partial charge in [0.05, 0.1) is 37.9 Å². The number of anilines is 2. The van der Waals surface area contributed by atoms with Crippen molar-refractivity contribution >= 4 is 29.1 Å². The van der Waals surface area contributed by atoms with Gasteiger partial charge in [-0.15, -0.1) is 0 Å². The van der Waals surface area contributed by atoms with Crippen molar-refractivity contribution in [2.75, 3.05) is 37.0 Å². The van der Waals surface area contributed by atoms with Crippen molar-refractivity contribution in [3.05, 3.63) is 101 Å². The third-order valence-corrected chi connectivity index (χ3v) is 9.97. The number of aliphatic hydroxyl groups is 2. The van der Waals surface area contributed by atoms with Crippen molar-refractivity contribution in [1.29, 1.82) is 0 Å². The van der Waals surface area contributed by atoms with Gasteiger partial charge in [0, 0.05) is 36.7 Å². The van der Waals surface area contributed by atoms with Gasteiger partial charge in [0.15, 0.2) is 5.60 Å². The van der Waals surface area contributed by atoms with Crippen LogP contribution in [0.4, 0.5) is 11.4 Å². The van der Waals surface area contributed by atoms with Crippen molar-refractivity contribution in [3.8, 4) is 5.75 Å². The highest BCUT2D eigenvalue weighted by atomic mass is 16.5. The van der Waals surface area contributed by atoms with Gasteiger partial charge in [-0.05, 0) is 72.8 Å². The molecule has 0 bridgehead atoms. The summed E-state index contributed by atoms with van der Waals surface area (Å²) in [5.41, 5.74) is 2.87. The van der Waals surface area contributed by atoms with Gasteiger partial charge in [0.25, 0.3) is 5.91 Å². The zero-order valence-corrected chi connectivity index (χ0v) is 27.5. The Morgan fingerprint density at radius 2 is 1.90 bits per heavy atom. The molecule has 1 fully saturated rings. The van der Waals surface area contributed by atoms with Crippen molar-refractivity contribution in [2.45, 2.75) is 57.3 Å². The van der Waals surface area contributed by atoms with Gasteiger partial charge in [0.2, 0.25) is 11.8 Å². The number of methoxy groups -OCH3 is 1. The van der Waals surface area contributed by atoms with E-state index in [-0.39, 0.29) is 43.3 Å². The number of rotatable bonds is 10. The molecule has 1 unspecified atom stereocenters. The van der Waals surface area contributed by atoms with E-state index in [1.807, 2.05) is 48.5 Å². The van der Waals surface area contributed by atoms with Crippen LogP contribution in [0.15, 0.2) is 78.9 Å². The van der Waals surface area contributed by atoms with Crippen LogP contribution in [0.3, 0.4) is 0 Å². The number of hydrogen-bond donors (Lipinski definition) is 4. The van der Waals surface area contributed by atoms with Gasteiger partial charge < -0.3 is 35.4 Å². The van der Waals surface area contributed by atoms with E-state index < -0.39 is 17.4 Å². The normalized spacial score (nSPS) is 22.7. The zero-order chi connectivity index (χ0) is 33.8. The average molecular weight is 653 g/mol. The van der Waals surface area contributed by atoms with Gasteiger partial charge in [-0.2, -0.15) is 0 Å². The molecule has 0 spiro atoms. The predicted octanol–water partition coefficient (Wildman–Crippen LogP) is 3.90. The fourth-order valence-corrected chi connectivity index (χ4v) is 7.08. The first-order valence-electron chi connectivity index (χ1n) is 16.7. The monoisotopic (exact) mass is 652 g/mol. The van der Waals surface area contributed by atoms with Gasteiger partial charge >= 0.3 is 0 Å². The van der Waals surface area contributed by atoms with Crippen molar-refractivity contribution in [3.63, 3.8) is 0 Å². The highest BCUT2D eigenvalue weighted by molar-refractivity contribution is 6.07. The third-order valence-electron chi connectivity index (χ3n) is 9.97. The number of ether oxygens (including phenoxy) is 1. The molecule has 0 aromatic heterocycles. The van der Waals surface area contributed by atoms with E-state index in [9.17, 15) is 24.6 Å². The first kappa shape index (κ1) is 33.4. The molecule has 0 radical (unpaired) electrons. The second-order valence-corrected chi connectivity index (χ2v) is 13.0. The topological polar surface area (TPSA) is 131 Å². The Balaban J connectivity index is 1.16. The summed E-state index contributed by atoms with van der Waals surface area (Å²) in [5.74, 6) is -0.811. The average Bonchev–Trinajstić information content (AvgIpc) is 3.33. The summed E-state index contributed by atoms with van der Waals surface area (Å²) in [4.78, 5) is 43.4. The number of amides is 3. The first-order valence-corrected chi connectivity index (χ1v) is 16.7. The van der Waals surface area contributed by atoms with Gasteiger partial charge in [0.1, 0.15) is 5.75 Å². The van der Waals surface area contributed by atoms with Crippen LogP contribution in [0.2, 0.25) is 0 Å². The standard InChI is InChI=1S/C38H44N4O6/c1-25(7-5-11-35(44)41-23-29-9-4-3-8-27(29)19-31(41)24-43)38(47)33-20-32(48-2)16-17-34(33)42(37(38)46)22-26-12-14-30(15-13-26)40-36(45)28-10-6-18-39-21-28/h3-5,7-9,12-17,20,25,28,31,39,43,47H,6,10-11,18-19,21-24H2,1-2H3,(H,40,45)/b7-5+/t25-,28?,31+,38+/m1/s1. The molecule has 0 saturated carbocycles. The van der Waals surface area contributed by atoms with Gasteiger partial charge in [-0.3, -0.25) is 14.4 Å². The van der Waals surface area contributed by atoms with E-state index >= 15 is 0 Å². The Labute approximate surface area is 281 Å². The zero-order valence-electron chi connectivity index (χ0n) is 27.5. The third kappa shape index (κ3) is 6.60. The Morgan fingerprint density at radius 1 is 1.12 bits per heavy atom. The highest BCUT2D eigenvalue weighted by Crippen LogP contribution is 2.47. The number of aliphatic hydroxyl groups excluding tert-OH is 1. The van der Waals surface area contributed by atoms with Crippen molar-refractivity contribution < 1.29 is 29.3 Å². The molecule has 3 aromatic carbocycles. The largest absolute Gasteiger partial charge is 0.497 e.